The van der Waals surface area contributed by atoms with Crippen LogP contribution in [-0.2, 0) is 6.54 Å². The highest BCUT2D eigenvalue weighted by molar-refractivity contribution is 9.11. The van der Waals surface area contributed by atoms with Gasteiger partial charge < -0.3 is 10.2 Å². The Bertz CT molecular complexity index is 484. The van der Waals surface area contributed by atoms with Gasteiger partial charge in [-0.25, -0.2) is 0 Å². The maximum Gasteiger partial charge on any atom is 0.0701 e. The van der Waals surface area contributed by atoms with E-state index < -0.39 is 0 Å². The third-order valence-electron chi connectivity index (χ3n) is 2.89. The first-order valence-corrected chi connectivity index (χ1v) is 8.11. The van der Waals surface area contributed by atoms with E-state index in [-0.39, 0.29) is 0 Å². The Labute approximate surface area is 127 Å². The van der Waals surface area contributed by atoms with Gasteiger partial charge in [0.2, 0.25) is 0 Å². The van der Waals surface area contributed by atoms with E-state index in [1.165, 1.54) is 15.0 Å². The lowest BCUT2D eigenvalue weighted by Crippen LogP contribution is -2.20. The molecule has 4 heteroatoms. The summed E-state index contributed by atoms with van der Waals surface area (Å²) in [5.74, 6) is 0. The van der Waals surface area contributed by atoms with Gasteiger partial charge in [-0.3, -0.25) is 0 Å². The van der Waals surface area contributed by atoms with Crippen LogP contribution >= 0.6 is 27.3 Å². The first-order valence-electron chi connectivity index (χ1n) is 6.44. The fraction of sp³-hybridized carbons (Fsp3) is 0.333. The number of nitrogens with one attached hydrogen (secondary N) is 1. The normalized spacial score (nSPS) is 10.9. The number of anilines is 1. The maximum atomic E-state index is 3.50. The van der Waals surface area contributed by atoms with Crippen LogP contribution in [0.15, 0.2) is 45.6 Å². The minimum atomic E-state index is 1.02. The van der Waals surface area contributed by atoms with Crippen LogP contribution in [0.2, 0.25) is 0 Å². The summed E-state index contributed by atoms with van der Waals surface area (Å²) in [5, 5.41) is 5.65. The molecule has 0 atom stereocenters. The predicted molar refractivity (Wildman–Crippen MR) is 87.9 cm³/mol. The average molecular weight is 339 g/mol. The molecule has 0 fully saturated rings. The zero-order valence-corrected chi connectivity index (χ0v) is 13.5. The highest BCUT2D eigenvalue weighted by Gasteiger charge is 2.02. The fourth-order valence-electron chi connectivity index (χ4n) is 1.96. The second-order valence-corrected chi connectivity index (χ2v) is 6.93. The summed E-state index contributed by atoms with van der Waals surface area (Å²) >= 11 is 5.25. The summed E-state index contributed by atoms with van der Waals surface area (Å²) in [7, 11) is 2.17. The van der Waals surface area contributed by atoms with Gasteiger partial charge in [0.1, 0.15) is 0 Å². The third-order valence-corrected chi connectivity index (χ3v) is 4.45. The van der Waals surface area contributed by atoms with Gasteiger partial charge in [0.15, 0.2) is 0 Å². The molecular formula is C15H19BrN2S. The number of rotatable bonds is 7. The summed E-state index contributed by atoms with van der Waals surface area (Å²) in [6.45, 7) is 3.14. The van der Waals surface area contributed by atoms with Gasteiger partial charge in [0.05, 0.1) is 3.79 Å². The van der Waals surface area contributed by atoms with E-state index in [0.29, 0.717) is 0 Å². The van der Waals surface area contributed by atoms with Gasteiger partial charge in [-0.1, -0.05) is 18.2 Å². The average Bonchev–Trinajstić information content (AvgIpc) is 2.81. The molecule has 0 amide bonds. The summed E-state index contributed by atoms with van der Waals surface area (Å²) in [4.78, 5) is 2.36. The number of hydrogen-bond acceptors (Lipinski definition) is 3. The monoisotopic (exact) mass is 338 g/mol. The van der Waals surface area contributed by atoms with Crippen molar-refractivity contribution in [2.75, 3.05) is 25.5 Å². The molecule has 102 valence electrons. The van der Waals surface area contributed by atoms with E-state index >= 15 is 0 Å². The molecule has 0 aliphatic rings. The number of benzene rings is 1. The third kappa shape index (κ3) is 5.35. The van der Waals surface area contributed by atoms with Crippen LogP contribution in [0.3, 0.4) is 0 Å². The molecule has 1 heterocycles. The number of halogens is 1. The molecule has 2 nitrogen and oxygen atoms in total. The molecule has 2 rings (SSSR count). The van der Waals surface area contributed by atoms with Crippen molar-refractivity contribution in [1.29, 1.82) is 0 Å². The van der Waals surface area contributed by atoms with Crippen LogP contribution in [0, 0.1) is 0 Å². The van der Waals surface area contributed by atoms with Gasteiger partial charge in [-0.2, -0.15) is 0 Å². The highest BCUT2D eigenvalue weighted by atomic mass is 79.9. The molecule has 0 aliphatic carbocycles. The standard InChI is InChI=1S/C15H19BrN2S/c1-18(11-13-10-15(16)19-12-13)9-5-8-17-14-6-3-2-4-7-14/h2-4,6-7,10,12,17H,5,8-9,11H2,1H3. The molecule has 0 aliphatic heterocycles. The first kappa shape index (κ1) is 14.6. The van der Waals surface area contributed by atoms with Crippen molar-refractivity contribution < 1.29 is 0 Å². The topological polar surface area (TPSA) is 15.3 Å². The summed E-state index contributed by atoms with van der Waals surface area (Å²) < 4.78 is 1.21. The lowest BCUT2D eigenvalue weighted by Gasteiger charge is -2.16. The van der Waals surface area contributed by atoms with E-state index in [0.717, 1.165) is 26.1 Å². The van der Waals surface area contributed by atoms with Crippen molar-refractivity contribution in [3.05, 3.63) is 51.1 Å². The van der Waals surface area contributed by atoms with E-state index in [2.05, 4.69) is 68.9 Å². The highest BCUT2D eigenvalue weighted by Crippen LogP contribution is 2.21. The molecule has 19 heavy (non-hydrogen) atoms. The van der Waals surface area contributed by atoms with Crippen molar-refractivity contribution in [2.24, 2.45) is 0 Å². The van der Waals surface area contributed by atoms with Gasteiger partial charge in [0, 0.05) is 18.8 Å². The molecule has 0 saturated carbocycles. The van der Waals surface area contributed by atoms with Gasteiger partial charge in [-0.05, 0) is 65.1 Å². The minimum absolute atomic E-state index is 1.02. The van der Waals surface area contributed by atoms with E-state index in [1.54, 1.807) is 11.3 Å². The molecule has 0 spiro atoms. The molecule has 1 N–H and O–H groups in total. The largest absolute Gasteiger partial charge is 0.385 e. The molecule has 0 bridgehead atoms. The van der Waals surface area contributed by atoms with Crippen LogP contribution in [-0.4, -0.2) is 25.0 Å². The quantitative estimate of drug-likeness (QED) is 0.750. The Kier molecular flexibility index (Phi) is 5.89. The maximum absolute atomic E-state index is 3.50. The number of thiophene rings is 1. The van der Waals surface area contributed by atoms with E-state index in [1.807, 2.05) is 6.07 Å². The summed E-state index contributed by atoms with van der Waals surface area (Å²) in [5.41, 5.74) is 2.59. The van der Waals surface area contributed by atoms with Crippen LogP contribution < -0.4 is 5.32 Å². The Morgan fingerprint density at radius 2 is 2.05 bits per heavy atom. The first-order chi connectivity index (χ1) is 9.24. The van der Waals surface area contributed by atoms with Gasteiger partial charge in [-0.15, -0.1) is 11.3 Å². The Morgan fingerprint density at radius 3 is 2.74 bits per heavy atom. The summed E-state index contributed by atoms with van der Waals surface area (Å²) in [6.07, 6.45) is 1.15. The number of para-hydroxylation sites is 1. The molecule has 0 radical (unpaired) electrons. The Balaban J connectivity index is 1.63. The lowest BCUT2D eigenvalue weighted by molar-refractivity contribution is 0.326. The fourth-order valence-corrected chi connectivity index (χ4v) is 3.16. The van der Waals surface area contributed by atoms with E-state index in [9.17, 15) is 0 Å². The Morgan fingerprint density at radius 1 is 1.26 bits per heavy atom. The van der Waals surface area contributed by atoms with Crippen molar-refractivity contribution in [2.45, 2.75) is 13.0 Å². The molecule has 1 aromatic carbocycles. The molecule has 0 unspecified atom stereocenters. The second kappa shape index (κ2) is 7.68. The van der Waals surface area contributed by atoms with Crippen molar-refractivity contribution >= 4 is 33.0 Å². The van der Waals surface area contributed by atoms with Crippen LogP contribution in [0.1, 0.15) is 12.0 Å². The van der Waals surface area contributed by atoms with Crippen LogP contribution in [0.5, 0.6) is 0 Å². The molecule has 1 aromatic heterocycles. The van der Waals surface area contributed by atoms with Gasteiger partial charge in [0.25, 0.3) is 0 Å². The van der Waals surface area contributed by atoms with Crippen molar-refractivity contribution in [3.8, 4) is 0 Å². The SMILES string of the molecule is CN(CCCNc1ccccc1)Cc1csc(Br)c1. The second-order valence-electron chi connectivity index (χ2n) is 4.64. The van der Waals surface area contributed by atoms with Crippen LogP contribution in [0.4, 0.5) is 5.69 Å². The summed E-state index contributed by atoms with van der Waals surface area (Å²) in [6, 6.07) is 12.6. The van der Waals surface area contributed by atoms with Crippen molar-refractivity contribution in [1.82, 2.24) is 4.90 Å². The van der Waals surface area contributed by atoms with Crippen LogP contribution in [0.25, 0.3) is 0 Å². The lowest BCUT2D eigenvalue weighted by atomic mass is 10.3. The Hall–Kier alpha value is -0.840. The van der Waals surface area contributed by atoms with E-state index in [4.69, 9.17) is 0 Å². The molecule has 0 saturated heterocycles. The van der Waals surface area contributed by atoms with Crippen molar-refractivity contribution in [3.63, 3.8) is 0 Å². The molecule has 2 aromatic rings. The predicted octanol–water partition coefficient (Wildman–Crippen LogP) is 4.44. The molecular weight excluding hydrogens is 320 g/mol. The smallest absolute Gasteiger partial charge is 0.0701 e. The zero-order valence-electron chi connectivity index (χ0n) is 11.1. The number of hydrogen-bond donors (Lipinski definition) is 1. The number of nitrogens with zero attached hydrogens (tertiary/aromatic N) is 1. The minimum Gasteiger partial charge on any atom is -0.385 e. The zero-order chi connectivity index (χ0) is 13.5. The van der Waals surface area contributed by atoms with Gasteiger partial charge >= 0.3 is 0 Å².